The Balaban J connectivity index is 1.57. The number of nitrogens with one attached hydrogen (secondary N) is 2. The van der Waals surface area contributed by atoms with Gasteiger partial charge in [0.2, 0.25) is 5.91 Å². The third kappa shape index (κ3) is 6.42. The van der Waals surface area contributed by atoms with Crippen LogP contribution in [0.5, 0.6) is 0 Å². The summed E-state index contributed by atoms with van der Waals surface area (Å²) in [4.78, 5) is 23.6. The number of carbonyl (C=O) groups is 2. The maximum Gasteiger partial charge on any atom is 0.251 e. The van der Waals surface area contributed by atoms with Crippen molar-refractivity contribution in [1.82, 2.24) is 10.6 Å². The Morgan fingerprint density at radius 1 is 0.917 bits per heavy atom. The summed E-state index contributed by atoms with van der Waals surface area (Å²) in [6, 6.07) is 16.6. The largest absolute Gasteiger partial charge is 0.356 e. The fourth-order valence-corrected chi connectivity index (χ4v) is 2.48. The minimum Gasteiger partial charge on any atom is -0.356 e. The highest BCUT2D eigenvalue weighted by Crippen LogP contribution is 2.10. The first kappa shape index (κ1) is 18.0. The van der Waals surface area contributed by atoms with Gasteiger partial charge in [-0.15, -0.1) is 0 Å². The molecule has 0 fully saturated rings. The lowest BCUT2D eigenvalue weighted by atomic mass is 10.1. The minimum atomic E-state index is -0.114. The second-order valence-corrected chi connectivity index (χ2v) is 5.89. The zero-order chi connectivity index (χ0) is 17.2. The van der Waals surface area contributed by atoms with E-state index in [0.29, 0.717) is 36.5 Å². The molecule has 2 aromatic rings. The summed E-state index contributed by atoms with van der Waals surface area (Å²) in [6.07, 6.45) is 1.75. The van der Waals surface area contributed by atoms with Gasteiger partial charge in [0.05, 0.1) is 0 Å². The second kappa shape index (κ2) is 9.73. The first-order chi connectivity index (χ1) is 11.6. The van der Waals surface area contributed by atoms with Crippen LogP contribution in [0.1, 0.15) is 28.8 Å². The molecular weight excluding hydrogens is 324 g/mol. The summed E-state index contributed by atoms with van der Waals surface area (Å²) >= 11 is 5.92. The van der Waals surface area contributed by atoms with Gasteiger partial charge in [0.1, 0.15) is 0 Å². The van der Waals surface area contributed by atoms with Gasteiger partial charge in [0, 0.05) is 30.1 Å². The predicted octanol–water partition coefficient (Wildman–Crippen LogP) is 3.21. The monoisotopic (exact) mass is 344 g/mol. The van der Waals surface area contributed by atoms with Crippen LogP contribution < -0.4 is 10.6 Å². The molecule has 2 amide bonds. The predicted molar refractivity (Wildman–Crippen MR) is 96.2 cm³/mol. The van der Waals surface area contributed by atoms with Gasteiger partial charge in [-0.2, -0.15) is 0 Å². The van der Waals surface area contributed by atoms with E-state index in [1.54, 1.807) is 12.1 Å². The number of benzene rings is 2. The normalized spacial score (nSPS) is 10.2. The Morgan fingerprint density at radius 3 is 2.46 bits per heavy atom. The van der Waals surface area contributed by atoms with Crippen molar-refractivity contribution in [3.8, 4) is 0 Å². The lowest BCUT2D eigenvalue weighted by Gasteiger charge is -2.07. The molecule has 0 bridgehead atoms. The minimum absolute atomic E-state index is 0.00834. The molecule has 4 nitrogen and oxygen atoms in total. The maximum absolute atomic E-state index is 11.8. The van der Waals surface area contributed by atoms with Gasteiger partial charge in [0.15, 0.2) is 0 Å². The van der Waals surface area contributed by atoms with E-state index in [4.69, 9.17) is 11.6 Å². The van der Waals surface area contributed by atoms with Crippen LogP contribution >= 0.6 is 11.6 Å². The number of hydrogen-bond donors (Lipinski definition) is 2. The third-order valence-electron chi connectivity index (χ3n) is 3.53. The molecule has 0 heterocycles. The summed E-state index contributed by atoms with van der Waals surface area (Å²) in [6.45, 7) is 1.06. The average Bonchev–Trinajstić information content (AvgIpc) is 2.59. The molecule has 5 heteroatoms. The fraction of sp³-hybridized carbons (Fsp3) is 0.263. The third-order valence-corrected chi connectivity index (χ3v) is 3.76. The lowest BCUT2D eigenvalue weighted by Crippen LogP contribution is -2.28. The van der Waals surface area contributed by atoms with Crippen molar-refractivity contribution >= 4 is 23.4 Å². The number of hydrogen-bond acceptors (Lipinski definition) is 2. The lowest BCUT2D eigenvalue weighted by molar-refractivity contribution is -0.121. The Bertz CT molecular complexity index is 674. The number of carbonyl (C=O) groups excluding carboxylic acids is 2. The average molecular weight is 345 g/mol. The number of halogens is 1. The Labute approximate surface area is 147 Å². The van der Waals surface area contributed by atoms with E-state index in [-0.39, 0.29) is 11.8 Å². The van der Waals surface area contributed by atoms with Crippen molar-refractivity contribution in [2.45, 2.75) is 19.3 Å². The van der Waals surface area contributed by atoms with Gasteiger partial charge in [0.25, 0.3) is 5.91 Å². The molecule has 0 atom stereocenters. The Kier molecular flexibility index (Phi) is 7.30. The van der Waals surface area contributed by atoms with Gasteiger partial charge in [-0.1, -0.05) is 41.9 Å². The van der Waals surface area contributed by atoms with Crippen LogP contribution in [0.2, 0.25) is 5.02 Å². The zero-order valence-corrected chi connectivity index (χ0v) is 14.2. The molecule has 0 aromatic heterocycles. The molecule has 2 N–H and O–H groups in total. The van der Waals surface area contributed by atoms with Crippen LogP contribution in [0.15, 0.2) is 54.6 Å². The van der Waals surface area contributed by atoms with Crippen LogP contribution in [0, 0.1) is 0 Å². The summed E-state index contributed by atoms with van der Waals surface area (Å²) in [5.41, 5.74) is 1.72. The first-order valence-corrected chi connectivity index (χ1v) is 8.37. The van der Waals surface area contributed by atoms with Crippen molar-refractivity contribution in [3.05, 3.63) is 70.7 Å². The molecule has 2 aromatic carbocycles. The van der Waals surface area contributed by atoms with E-state index >= 15 is 0 Å². The van der Waals surface area contributed by atoms with E-state index in [0.717, 1.165) is 12.0 Å². The molecule has 0 radical (unpaired) electrons. The van der Waals surface area contributed by atoms with Crippen LogP contribution in [0.25, 0.3) is 0 Å². The van der Waals surface area contributed by atoms with Crippen molar-refractivity contribution in [2.75, 3.05) is 13.1 Å². The molecule has 126 valence electrons. The van der Waals surface area contributed by atoms with Gasteiger partial charge < -0.3 is 10.6 Å². The Morgan fingerprint density at radius 2 is 1.71 bits per heavy atom. The molecule has 0 saturated carbocycles. The van der Waals surface area contributed by atoms with E-state index in [1.165, 1.54) is 0 Å². The van der Waals surface area contributed by atoms with Gasteiger partial charge in [-0.3, -0.25) is 9.59 Å². The van der Waals surface area contributed by atoms with Gasteiger partial charge in [-0.05, 0) is 42.7 Å². The molecule has 24 heavy (non-hydrogen) atoms. The topological polar surface area (TPSA) is 58.2 Å². The van der Waals surface area contributed by atoms with Gasteiger partial charge in [-0.25, -0.2) is 0 Å². The smallest absolute Gasteiger partial charge is 0.251 e. The molecule has 0 spiro atoms. The van der Waals surface area contributed by atoms with E-state index < -0.39 is 0 Å². The molecule has 0 saturated heterocycles. The van der Waals surface area contributed by atoms with E-state index in [1.807, 2.05) is 42.5 Å². The highest BCUT2D eigenvalue weighted by atomic mass is 35.5. The number of amides is 2. The van der Waals surface area contributed by atoms with E-state index in [9.17, 15) is 9.59 Å². The summed E-state index contributed by atoms with van der Waals surface area (Å²) in [7, 11) is 0. The molecule has 0 aliphatic carbocycles. The molecule has 0 aliphatic rings. The molecular formula is C19H21ClN2O2. The van der Waals surface area contributed by atoms with Crippen LogP contribution in [0.4, 0.5) is 0 Å². The Hall–Kier alpha value is -2.33. The van der Waals surface area contributed by atoms with Crippen LogP contribution in [-0.4, -0.2) is 24.9 Å². The summed E-state index contributed by atoms with van der Waals surface area (Å²) in [5.74, 6) is -0.122. The highest BCUT2D eigenvalue weighted by molar-refractivity contribution is 6.30. The van der Waals surface area contributed by atoms with E-state index in [2.05, 4.69) is 10.6 Å². The second-order valence-electron chi connectivity index (χ2n) is 5.46. The van der Waals surface area contributed by atoms with Crippen LogP contribution in [-0.2, 0) is 11.2 Å². The van der Waals surface area contributed by atoms with Gasteiger partial charge >= 0.3 is 0 Å². The molecule has 0 aliphatic heterocycles. The summed E-state index contributed by atoms with van der Waals surface area (Å²) < 4.78 is 0. The SMILES string of the molecule is O=C(CCCNC(=O)c1ccccc1)NCCc1cccc(Cl)c1. The van der Waals surface area contributed by atoms with Crippen molar-refractivity contribution < 1.29 is 9.59 Å². The number of rotatable bonds is 8. The summed E-state index contributed by atoms with van der Waals surface area (Å²) in [5, 5.41) is 6.39. The standard InChI is InChI=1S/C19H21ClN2O2/c20-17-9-4-6-15(14-17)11-13-21-18(23)10-5-12-22-19(24)16-7-2-1-3-8-16/h1-4,6-9,14H,5,10-13H2,(H,21,23)(H,22,24). The highest BCUT2D eigenvalue weighted by Gasteiger charge is 2.05. The van der Waals surface area contributed by atoms with Crippen molar-refractivity contribution in [3.63, 3.8) is 0 Å². The zero-order valence-electron chi connectivity index (χ0n) is 13.4. The molecule has 2 rings (SSSR count). The maximum atomic E-state index is 11.8. The van der Waals surface area contributed by atoms with Crippen LogP contribution in [0.3, 0.4) is 0 Å². The molecule has 0 unspecified atom stereocenters. The first-order valence-electron chi connectivity index (χ1n) is 7.99. The van der Waals surface area contributed by atoms with Crippen molar-refractivity contribution in [1.29, 1.82) is 0 Å². The fourth-order valence-electron chi connectivity index (χ4n) is 2.27. The van der Waals surface area contributed by atoms with Crippen molar-refractivity contribution in [2.24, 2.45) is 0 Å². The quantitative estimate of drug-likeness (QED) is 0.722.